The highest BCUT2D eigenvalue weighted by molar-refractivity contribution is 7.15. The predicted molar refractivity (Wildman–Crippen MR) is 82.6 cm³/mol. The van der Waals surface area contributed by atoms with Crippen LogP contribution in [0.2, 0.25) is 0 Å². The van der Waals surface area contributed by atoms with Crippen LogP contribution < -0.4 is 5.56 Å². The number of nitrogens with zero attached hydrogens (tertiary/aromatic N) is 4. The lowest BCUT2D eigenvalue weighted by Crippen LogP contribution is -2.36. The Morgan fingerprint density at radius 3 is 3.19 bits per heavy atom. The van der Waals surface area contributed by atoms with Crippen LogP contribution >= 0.6 is 11.3 Å². The first kappa shape index (κ1) is 12.8. The summed E-state index contributed by atoms with van der Waals surface area (Å²) in [7, 11) is 0. The Balaban J connectivity index is 1.64. The van der Waals surface area contributed by atoms with Crippen molar-refractivity contribution in [2.75, 3.05) is 6.54 Å². The Morgan fingerprint density at radius 1 is 1.38 bits per heavy atom. The molecule has 0 unspecified atom stereocenters. The first-order valence-corrected chi connectivity index (χ1v) is 7.95. The monoisotopic (exact) mass is 300 g/mol. The van der Waals surface area contributed by atoms with E-state index in [1.165, 1.54) is 17.0 Å². The van der Waals surface area contributed by atoms with Crippen molar-refractivity contribution in [2.45, 2.75) is 26.1 Å². The number of thiazole rings is 1. The molecular formula is C15H16N4OS. The molecule has 4 rings (SSSR count). The SMILES string of the molecule is C[C@@H]1c2cccn2CCN1Cc1cc(=O)n2ccsc2n1. The van der Waals surface area contributed by atoms with E-state index in [4.69, 9.17) is 0 Å². The second-order valence-electron chi connectivity index (χ2n) is 5.41. The van der Waals surface area contributed by atoms with Crippen molar-refractivity contribution >= 4 is 16.3 Å². The summed E-state index contributed by atoms with van der Waals surface area (Å²) in [6.45, 7) is 4.90. The summed E-state index contributed by atoms with van der Waals surface area (Å²) < 4.78 is 3.89. The summed E-state index contributed by atoms with van der Waals surface area (Å²) in [5.41, 5.74) is 2.19. The van der Waals surface area contributed by atoms with Crippen LogP contribution in [0, 0.1) is 0 Å². The van der Waals surface area contributed by atoms with Gasteiger partial charge in [-0.05, 0) is 19.1 Å². The summed E-state index contributed by atoms with van der Waals surface area (Å²) in [6, 6.07) is 6.26. The highest BCUT2D eigenvalue weighted by Crippen LogP contribution is 2.26. The molecule has 0 amide bonds. The molecule has 108 valence electrons. The zero-order valence-electron chi connectivity index (χ0n) is 11.8. The maximum atomic E-state index is 12.0. The summed E-state index contributed by atoms with van der Waals surface area (Å²) >= 11 is 1.50. The van der Waals surface area contributed by atoms with Gasteiger partial charge in [0.1, 0.15) is 0 Å². The molecule has 0 spiro atoms. The lowest BCUT2D eigenvalue weighted by atomic mass is 10.1. The second kappa shape index (κ2) is 4.82. The van der Waals surface area contributed by atoms with Crippen molar-refractivity contribution in [1.29, 1.82) is 0 Å². The standard InChI is InChI=1S/C15H16N4OS/c1-11-13-3-2-4-17(13)5-6-18(11)10-12-9-14(20)19-7-8-21-15(19)16-12/h2-4,7-9,11H,5-6,10H2,1H3/t11-/m1/s1. The van der Waals surface area contributed by atoms with Crippen molar-refractivity contribution in [3.05, 3.63) is 57.7 Å². The van der Waals surface area contributed by atoms with Crippen LogP contribution in [0.4, 0.5) is 0 Å². The molecule has 0 bridgehead atoms. The number of hydrogen-bond donors (Lipinski definition) is 0. The fourth-order valence-electron chi connectivity index (χ4n) is 3.02. The lowest BCUT2D eigenvalue weighted by molar-refractivity contribution is 0.159. The maximum Gasteiger partial charge on any atom is 0.258 e. The van der Waals surface area contributed by atoms with Gasteiger partial charge >= 0.3 is 0 Å². The molecule has 0 radical (unpaired) electrons. The molecule has 0 aliphatic carbocycles. The van der Waals surface area contributed by atoms with E-state index in [1.54, 1.807) is 16.7 Å². The third-order valence-electron chi connectivity index (χ3n) is 4.19. The van der Waals surface area contributed by atoms with Crippen LogP contribution in [0.25, 0.3) is 4.96 Å². The third kappa shape index (κ3) is 2.11. The smallest absolute Gasteiger partial charge is 0.258 e. The normalized spacial score (nSPS) is 19.0. The fourth-order valence-corrected chi connectivity index (χ4v) is 3.76. The van der Waals surface area contributed by atoms with Crippen molar-refractivity contribution < 1.29 is 0 Å². The molecule has 4 heterocycles. The largest absolute Gasteiger partial charge is 0.349 e. The van der Waals surface area contributed by atoms with Gasteiger partial charge in [0, 0.05) is 55.2 Å². The molecule has 3 aromatic heterocycles. The van der Waals surface area contributed by atoms with E-state index in [-0.39, 0.29) is 5.56 Å². The summed E-state index contributed by atoms with van der Waals surface area (Å²) in [5.74, 6) is 0. The Bertz CT molecular complexity index is 847. The number of hydrogen-bond acceptors (Lipinski definition) is 4. The lowest BCUT2D eigenvalue weighted by Gasteiger charge is -2.34. The molecule has 3 aromatic rings. The average Bonchev–Trinajstić information content (AvgIpc) is 3.10. The second-order valence-corrected chi connectivity index (χ2v) is 6.29. The van der Waals surface area contributed by atoms with Gasteiger partial charge in [0.15, 0.2) is 4.96 Å². The molecule has 0 aromatic carbocycles. The van der Waals surface area contributed by atoms with Gasteiger partial charge in [-0.3, -0.25) is 14.1 Å². The first-order valence-electron chi connectivity index (χ1n) is 7.07. The van der Waals surface area contributed by atoms with Gasteiger partial charge in [0.25, 0.3) is 5.56 Å². The predicted octanol–water partition coefficient (Wildman–Crippen LogP) is 2.13. The van der Waals surface area contributed by atoms with Crippen LogP contribution in [-0.4, -0.2) is 25.4 Å². The van der Waals surface area contributed by atoms with Crippen molar-refractivity contribution in [1.82, 2.24) is 18.9 Å². The molecule has 1 atom stereocenters. The van der Waals surface area contributed by atoms with E-state index in [9.17, 15) is 4.79 Å². The van der Waals surface area contributed by atoms with Crippen molar-refractivity contribution in [2.24, 2.45) is 0 Å². The molecule has 0 fully saturated rings. The van der Waals surface area contributed by atoms with E-state index in [1.807, 2.05) is 5.38 Å². The first-order chi connectivity index (χ1) is 10.2. The topological polar surface area (TPSA) is 42.5 Å². The molecule has 21 heavy (non-hydrogen) atoms. The molecule has 0 saturated heterocycles. The Labute approximate surface area is 126 Å². The van der Waals surface area contributed by atoms with Crippen LogP contribution in [0.1, 0.15) is 24.4 Å². The minimum atomic E-state index is 0.00397. The van der Waals surface area contributed by atoms with E-state index in [0.717, 1.165) is 30.3 Å². The molecule has 1 aliphatic heterocycles. The maximum absolute atomic E-state index is 12.0. The van der Waals surface area contributed by atoms with Crippen molar-refractivity contribution in [3.8, 4) is 0 Å². The molecular weight excluding hydrogens is 284 g/mol. The van der Waals surface area contributed by atoms with E-state index >= 15 is 0 Å². The Hall–Kier alpha value is -1.92. The highest BCUT2D eigenvalue weighted by atomic mass is 32.1. The average molecular weight is 300 g/mol. The summed E-state index contributed by atoms with van der Waals surface area (Å²) in [4.78, 5) is 19.8. The van der Waals surface area contributed by atoms with Gasteiger partial charge in [0.2, 0.25) is 0 Å². The van der Waals surface area contributed by atoms with Gasteiger partial charge in [-0.15, -0.1) is 11.3 Å². The van der Waals surface area contributed by atoms with Crippen LogP contribution in [-0.2, 0) is 13.1 Å². The van der Waals surface area contributed by atoms with Gasteiger partial charge < -0.3 is 4.57 Å². The molecule has 0 saturated carbocycles. The minimum Gasteiger partial charge on any atom is -0.349 e. The Morgan fingerprint density at radius 2 is 2.29 bits per heavy atom. The molecule has 0 N–H and O–H groups in total. The van der Waals surface area contributed by atoms with E-state index in [0.29, 0.717) is 6.04 Å². The minimum absolute atomic E-state index is 0.00397. The van der Waals surface area contributed by atoms with Crippen molar-refractivity contribution in [3.63, 3.8) is 0 Å². The molecule has 6 heteroatoms. The van der Waals surface area contributed by atoms with Crippen LogP contribution in [0.3, 0.4) is 0 Å². The van der Waals surface area contributed by atoms with Gasteiger partial charge in [-0.25, -0.2) is 4.98 Å². The zero-order chi connectivity index (χ0) is 14.4. The van der Waals surface area contributed by atoms with E-state index < -0.39 is 0 Å². The number of rotatable bonds is 2. The van der Waals surface area contributed by atoms with Gasteiger partial charge in [0.05, 0.1) is 5.69 Å². The van der Waals surface area contributed by atoms with Gasteiger partial charge in [-0.1, -0.05) is 0 Å². The van der Waals surface area contributed by atoms with E-state index in [2.05, 4.69) is 39.7 Å². The number of aromatic nitrogens is 3. The highest BCUT2D eigenvalue weighted by Gasteiger charge is 2.23. The quantitative estimate of drug-likeness (QED) is 0.728. The summed E-state index contributed by atoms with van der Waals surface area (Å²) in [5, 5.41) is 1.89. The molecule has 5 nitrogen and oxygen atoms in total. The number of fused-ring (bicyclic) bond motifs is 2. The van der Waals surface area contributed by atoms with Gasteiger partial charge in [-0.2, -0.15) is 0 Å². The molecule has 1 aliphatic rings. The third-order valence-corrected chi connectivity index (χ3v) is 4.95. The fraction of sp³-hybridized carbons (Fsp3) is 0.333. The summed E-state index contributed by atoms with van der Waals surface area (Å²) in [6.07, 6.45) is 3.90. The van der Waals surface area contributed by atoms with Crippen LogP contribution in [0.15, 0.2) is 40.8 Å². The van der Waals surface area contributed by atoms with Crippen LogP contribution in [0.5, 0.6) is 0 Å². The Kier molecular flexibility index (Phi) is 2.94. The zero-order valence-corrected chi connectivity index (χ0v) is 12.6.